The van der Waals surface area contributed by atoms with Crippen LogP contribution in [0.25, 0.3) is 0 Å². The number of guanidine groups is 1. The van der Waals surface area contributed by atoms with Crippen molar-refractivity contribution in [2.75, 3.05) is 33.4 Å². The Balaban J connectivity index is 2.02. The molecule has 2 N–H and O–H groups in total. The second-order valence-corrected chi connectivity index (χ2v) is 5.02. The van der Waals surface area contributed by atoms with Gasteiger partial charge in [-0.3, -0.25) is 9.67 Å². The molecule has 20 heavy (non-hydrogen) atoms. The minimum atomic E-state index is 0.597. The van der Waals surface area contributed by atoms with Gasteiger partial charge in [-0.2, -0.15) is 5.10 Å². The SMILES string of the molecule is CN=C(NCCCOCC(C)C)NCCn1cccn1. The van der Waals surface area contributed by atoms with Gasteiger partial charge in [0.1, 0.15) is 0 Å². The molecule has 0 saturated carbocycles. The van der Waals surface area contributed by atoms with Gasteiger partial charge in [-0.05, 0) is 18.4 Å². The third-order valence-corrected chi connectivity index (χ3v) is 2.63. The van der Waals surface area contributed by atoms with E-state index in [0.29, 0.717) is 5.92 Å². The van der Waals surface area contributed by atoms with Crippen molar-refractivity contribution in [2.45, 2.75) is 26.8 Å². The molecule has 0 fully saturated rings. The molecule has 6 heteroatoms. The second kappa shape index (κ2) is 10.3. The van der Waals surface area contributed by atoms with Crippen LogP contribution in [0.2, 0.25) is 0 Å². The van der Waals surface area contributed by atoms with E-state index < -0.39 is 0 Å². The Bertz CT molecular complexity index is 362. The first-order valence-electron chi connectivity index (χ1n) is 7.22. The quantitative estimate of drug-likeness (QED) is 0.404. The summed E-state index contributed by atoms with van der Waals surface area (Å²) >= 11 is 0. The molecule has 0 radical (unpaired) electrons. The molecule has 0 aromatic carbocycles. The molecule has 0 amide bonds. The van der Waals surface area contributed by atoms with E-state index in [4.69, 9.17) is 4.74 Å². The molecule has 0 aliphatic carbocycles. The summed E-state index contributed by atoms with van der Waals surface area (Å²) in [5.74, 6) is 1.42. The van der Waals surface area contributed by atoms with Crippen LogP contribution < -0.4 is 10.6 Å². The highest BCUT2D eigenvalue weighted by molar-refractivity contribution is 5.79. The van der Waals surface area contributed by atoms with Crippen molar-refractivity contribution in [1.82, 2.24) is 20.4 Å². The number of hydrogen-bond donors (Lipinski definition) is 2. The minimum absolute atomic E-state index is 0.597. The third kappa shape index (κ3) is 7.78. The van der Waals surface area contributed by atoms with E-state index in [-0.39, 0.29) is 0 Å². The van der Waals surface area contributed by atoms with Gasteiger partial charge in [-0.15, -0.1) is 0 Å². The average Bonchev–Trinajstić information content (AvgIpc) is 2.93. The van der Waals surface area contributed by atoms with Crippen molar-refractivity contribution in [3.05, 3.63) is 18.5 Å². The van der Waals surface area contributed by atoms with Crippen LogP contribution in [0.5, 0.6) is 0 Å². The number of rotatable bonds is 9. The van der Waals surface area contributed by atoms with Gasteiger partial charge in [0.15, 0.2) is 5.96 Å². The minimum Gasteiger partial charge on any atom is -0.381 e. The lowest BCUT2D eigenvalue weighted by atomic mass is 10.2. The molecular weight excluding hydrogens is 254 g/mol. The van der Waals surface area contributed by atoms with Crippen molar-refractivity contribution in [2.24, 2.45) is 10.9 Å². The molecular formula is C14H27N5O. The fraction of sp³-hybridized carbons (Fsp3) is 0.714. The predicted molar refractivity (Wildman–Crippen MR) is 81.9 cm³/mol. The van der Waals surface area contributed by atoms with E-state index in [9.17, 15) is 0 Å². The lowest BCUT2D eigenvalue weighted by Gasteiger charge is -2.12. The molecule has 0 saturated heterocycles. The van der Waals surface area contributed by atoms with Crippen LogP contribution in [0, 0.1) is 5.92 Å². The van der Waals surface area contributed by atoms with Gasteiger partial charge in [0.2, 0.25) is 0 Å². The molecule has 1 heterocycles. The Morgan fingerprint density at radius 2 is 2.15 bits per heavy atom. The van der Waals surface area contributed by atoms with Crippen LogP contribution in [0.15, 0.2) is 23.5 Å². The highest BCUT2D eigenvalue weighted by atomic mass is 16.5. The lowest BCUT2D eigenvalue weighted by molar-refractivity contribution is 0.108. The largest absolute Gasteiger partial charge is 0.381 e. The Morgan fingerprint density at radius 1 is 1.35 bits per heavy atom. The Kier molecular flexibility index (Phi) is 8.46. The van der Waals surface area contributed by atoms with Crippen molar-refractivity contribution in [1.29, 1.82) is 0 Å². The smallest absolute Gasteiger partial charge is 0.191 e. The molecule has 0 aliphatic rings. The summed E-state index contributed by atoms with van der Waals surface area (Å²) in [6, 6.07) is 1.92. The first kappa shape index (κ1) is 16.5. The van der Waals surface area contributed by atoms with Gasteiger partial charge in [0.05, 0.1) is 6.54 Å². The number of nitrogens with one attached hydrogen (secondary N) is 2. The molecule has 1 aromatic rings. The molecule has 1 rings (SSSR count). The molecule has 0 bridgehead atoms. The summed E-state index contributed by atoms with van der Waals surface area (Å²) in [5.41, 5.74) is 0. The summed E-state index contributed by atoms with van der Waals surface area (Å²) in [6.07, 6.45) is 4.71. The Morgan fingerprint density at radius 3 is 2.80 bits per heavy atom. The highest BCUT2D eigenvalue weighted by Gasteiger charge is 1.98. The lowest BCUT2D eigenvalue weighted by Crippen LogP contribution is -2.39. The molecule has 6 nitrogen and oxygen atoms in total. The van der Waals surface area contributed by atoms with Crippen LogP contribution in [0.1, 0.15) is 20.3 Å². The fourth-order valence-corrected chi connectivity index (χ4v) is 1.64. The van der Waals surface area contributed by atoms with E-state index >= 15 is 0 Å². The highest BCUT2D eigenvalue weighted by Crippen LogP contribution is 1.92. The maximum Gasteiger partial charge on any atom is 0.191 e. The first-order chi connectivity index (χ1) is 9.72. The zero-order valence-corrected chi connectivity index (χ0v) is 12.8. The maximum atomic E-state index is 5.53. The van der Waals surface area contributed by atoms with Crippen LogP contribution in [0.3, 0.4) is 0 Å². The van der Waals surface area contributed by atoms with Crippen molar-refractivity contribution >= 4 is 5.96 Å². The average molecular weight is 281 g/mol. The van der Waals surface area contributed by atoms with Gasteiger partial charge in [0, 0.05) is 45.7 Å². The summed E-state index contributed by atoms with van der Waals surface area (Å²) in [7, 11) is 1.78. The number of aliphatic imine (C=N–C) groups is 1. The first-order valence-corrected chi connectivity index (χ1v) is 7.22. The van der Waals surface area contributed by atoms with Crippen LogP contribution in [-0.2, 0) is 11.3 Å². The summed E-state index contributed by atoms with van der Waals surface area (Å²) in [6.45, 7) is 8.41. The normalized spacial score (nSPS) is 11.9. The van der Waals surface area contributed by atoms with Crippen molar-refractivity contribution < 1.29 is 4.74 Å². The number of aromatic nitrogens is 2. The predicted octanol–water partition coefficient (Wildman–Crippen LogP) is 1.11. The topological polar surface area (TPSA) is 63.5 Å². The van der Waals surface area contributed by atoms with Gasteiger partial charge < -0.3 is 15.4 Å². The van der Waals surface area contributed by atoms with Gasteiger partial charge in [-0.1, -0.05) is 13.8 Å². The van der Waals surface area contributed by atoms with E-state index in [1.807, 2.05) is 16.9 Å². The molecule has 0 unspecified atom stereocenters. The molecule has 0 spiro atoms. The second-order valence-electron chi connectivity index (χ2n) is 5.02. The Labute approximate surface area is 121 Å². The summed E-state index contributed by atoms with van der Waals surface area (Å²) in [4.78, 5) is 4.18. The van der Waals surface area contributed by atoms with E-state index in [0.717, 1.165) is 45.2 Å². The van der Waals surface area contributed by atoms with Crippen molar-refractivity contribution in [3.8, 4) is 0 Å². The molecule has 0 aliphatic heterocycles. The summed E-state index contributed by atoms with van der Waals surface area (Å²) in [5, 5.41) is 10.7. The number of ether oxygens (including phenoxy) is 1. The molecule has 1 aromatic heterocycles. The maximum absolute atomic E-state index is 5.53. The van der Waals surface area contributed by atoms with Crippen molar-refractivity contribution in [3.63, 3.8) is 0 Å². The zero-order chi connectivity index (χ0) is 14.6. The number of hydrogen-bond acceptors (Lipinski definition) is 3. The van der Waals surface area contributed by atoms with Crippen LogP contribution >= 0.6 is 0 Å². The van der Waals surface area contributed by atoms with Crippen LogP contribution in [0.4, 0.5) is 0 Å². The molecule has 114 valence electrons. The number of nitrogens with zero attached hydrogens (tertiary/aromatic N) is 3. The zero-order valence-electron chi connectivity index (χ0n) is 12.8. The van der Waals surface area contributed by atoms with Gasteiger partial charge in [-0.25, -0.2) is 0 Å². The van der Waals surface area contributed by atoms with Gasteiger partial charge in [0.25, 0.3) is 0 Å². The monoisotopic (exact) mass is 281 g/mol. The van der Waals surface area contributed by atoms with Gasteiger partial charge >= 0.3 is 0 Å². The van der Waals surface area contributed by atoms with E-state index in [2.05, 4.69) is 34.6 Å². The third-order valence-electron chi connectivity index (χ3n) is 2.63. The molecule has 0 atom stereocenters. The van der Waals surface area contributed by atoms with E-state index in [1.165, 1.54) is 0 Å². The van der Waals surface area contributed by atoms with E-state index in [1.54, 1.807) is 13.2 Å². The standard InChI is InChI=1S/C14H27N5O/c1-13(2)12-20-11-5-6-16-14(15-3)17-8-10-19-9-4-7-18-19/h4,7,9,13H,5-6,8,10-12H2,1-3H3,(H2,15,16,17). The van der Waals surface area contributed by atoms with Crippen LogP contribution in [-0.4, -0.2) is 49.1 Å². The summed E-state index contributed by atoms with van der Waals surface area (Å²) < 4.78 is 7.42. The fourth-order valence-electron chi connectivity index (χ4n) is 1.64. The Hall–Kier alpha value is -1.56.